The van der Waals surface area contributed by atoms with E-state index < -0.39 is 9.84 Å². The lowest BCUT2D eigenvalue weighted by Crippen LogP contribution is -1.86. The molecule has 4 heteroatoms. The zero-order valence-corrected chi connectivity index (χ0v) is 12.1. The molecular formula is C12H21BrO2S. The van der Waals surface area contributed by atoms with E-state index in [2.05, 4.69) is 22.5 Å². The predicted molar refractivity (Wildman–Crippen MR) is 74.4 cm³/mol. The van der Waals surface area contributed by atoms with E-state index in [0.29, 0.717) is 0 Å². The van der Waals surface area contributed by atoms with Crippen molar-refractivity contribution in [3.63, 3.8) is 0 Å². The molecule has 0 rings (SSSR count). The fourth-order valence-electron chi connectivity index (χ4n) is 1.32. The van der Waals surface area contributed by atoms with Crippen LogP contribution in [0.2, 0.25) is 0 Å². The van der Waals surface area contributed by atoms with E-state index in [4.69, 9.17) is 0 Å². The van der Waals surface area contributed by atoms with Gasteiger partial charge < -0.3 is 0 Å². The molecule has 0 atom stereocenters. The second-order valence-corrected chi connectivity index (χ2v) is 6.30. The van der Waals surface area contributed by atoms with Gasteiger partial charge in [0.25, 0.3) is 0 Å². The first kappa shape index (κ1) is 15.9. The summed E-state index contributed by atoms with van der Waals surface area (Å²) in [7, 11) is -3.15. The lowest BCUT2D eigenvalue weighted by atomic mass is 10.1. The standard InChI is InChI=1S/C12H21BrO2S/c1-2-16(14,15)12-10-8-6-4-3-5-7-9-11-13/h2,10,12H,1,3-9,11H2. The molecule has 0 bridgehead atoms. The maximum absolute atomic E-state index is 11.0. The van der Waals surface area contributed by atoms with Gasteiger partial charge in [-0.15, -0.1) is 0 Å². The number of alkyl halides is 1. The second-order valence-electron chi connectivity index (χ2n) is 3.73. The van der Waals surface area contributed by atoms with Crippen molar-refractivity contribution in [2.45, 2.75) is 44.9 Å². The Morgan fingerprint density at radius 1 is 1.00 bits per heavy atom. The van der Waals surface area contributed by atoms with E-state index in [1.54, 1.807) is 6.08 Å². The van der Waals surface area contributed by atoms with Crippen molar-refractivity contribution in [1.29, 1.82) is 0 Å². The van der Waals surface area contributed by atoms with Crippen LogP contribution in [0.25, 0.3) is 0 Å². The zero-order valence-electron chi connectivity index (χ0n) is 9.70. The molecule has 0 aliphatic heterocycles. The first-order valence-corrected chi connectivity index (χ1v) is 8.45. The SMILES string of the molecule is C=CS(=O)(=O)C=CCCCCCCCCBr. The van der Waals surface area contributed by atoms with Gasteiger partial charge in [0.05, 0.1) is 0 Å². The number of hydrogen-bond acceptors (Lipinski definition) is 2. The minimum absolute atomic E-state index is 0.839. The third-order valence-corrected chi connectivity index (χ3v) is 3.87. The van der Waals surface area contributed by atoms with Gasteiger partial charge >= 0.3 is 0 Å². The molecule has 0 aliphatic carbocycles. The first-order valence-electron chi connectivity index (χ1n) is 5.72. The fourth-order valence-corrected chi connectivity index (χ4v) is 2.23. The van der Waals surface area contributed by atoms with Crippen LogP contribution in [0.5, 0.6) is 0 Å². The van der Waals surface area contributed by atoms with Crippen molar-refractivity contribution in [2.75, 3.05) is 5.33 Å². The van der Waals surface area contributed by atoms with Gasteiger partial charge in [0.1, 0.15) is 0 Å². The maximum Gasteiger partial charge on any atom is 0.192 e. The molecule has 0 aromatic heterocycles. The Bertz CT molecular complexity index is 294. The van der Waals surface area contributed by atoms with Gasteiger partial charge in [-0.2, -0.15) is 0 Å². The topological polar surface area (TPSA) is 34.1 Å². The largest absolute Gasteiger partial charge is 0.220 e. The summed E-state index contributed by atoms with van der Waals surface area (Å²) in [5.74, 6) is 0. The molecule has 94 valence electrons. The highest BCUT2D eigenvalue weighted by molar-refractivity contribution is 9.09. The number of rotatable bonds is 10. The Labute approximate surface area is 108 Å². The Morgan fingerprint density at radius 3 is 2.12 bits per heavy atom. The summed E-state index contributed by atoms with van der Waals surface area (Å²) < 4.78 is 22.0. The highest BCUT2D eigenvalue weighted by atomic mass is 79.9. The molecule has 2 nitrogen and oxygen atoms in total. The first-order chi connectivity index (χ1) is 7.62. The average Bonchev–Trinajstić information content (AvgIpc) is 2.27. The van der Waals surface area contributed by atoms with Crippen LogP contribution < -0.4 is 0 Å². The predicted octanol–water partition coefficient (Wildman–Crippen LogP) is 4.18. The Kier molecular flexibility index (Phi) is 10.0. The van der Waals surface area contributed by atoms with E-state index in [-0.39, 0.29) is 0 Å². The summed E-state index contributed by atoms with van der Waals surface area (Å²) in [4.78, 5) is 0. The van der Waals surface area contributed by atoms with Crippen LogP contribution in [-0.4, -0.2) is 13.7 Å². The van der Waals surface area contributed by atoms with E-state index in [9.17, 15) is 8.42 Å². The number of sulfone groups is 1. The summed E-state index contributed by atoms with van der Waals surface area (Å²) in [6.07, 6.45) is 9.86. The van der Waals surface area contributed by atoms with Crippen LogP contribution in [0.15, 0.2) is 23.5 Å². The van der Waals surface area contributed by atoms with Crippen LogP contribution in [-0.2, 0) is 9.84 Å². The summed E-state index contributed by atoms with van der Waals surface area (Å²) >= 11 is 3.40. The molecule has 0 unspecified atom stereocenters. The molecule has 0 heterocycles. The molecule has 0 saturated heterocycles. The van der Waals surface area contributed by atoms with Gasteiger partial charge in [-0.25, -0.2) is 8.42 Å². The van der Waals surface area contributed by atoms with Crippen LogP contribution >= 0.6 is 15.9 Å². The van der Waals surface area contributed by atoms with Gasteiger partial charge in [0.2, 0.25) is 0 Å². The zero-order chi connectivity index (χ0) is 12.3. The number of allylic oxidation sites excluding steroid dienone is 1. The Morgan fingerprint density at radius 2 is 1.56 bits per heavy atom. The van der Waals surface area contributed by atoms with E-state index in [0.717, 1.165) is 23.6 Å². The molecule has 0 aromatic rings. The molecule has 16 heavy (non-hydrogen) atoms. The van der Waals surface area contributed by atoms with E-state index in [1.807, 2.05) is 0 Å². The second kappa shape index (κ2) is 10.1. The smallest absolute Gasteiger partial charge is 0.192 e. The number of unbranched alkanes of at least 4 members (excludes halogenated alkanes) is 6. The lowest BCUT2D eigenvalue weighted by molar-refractivity contribution is 0.610. The maximum atomic E-state index is 11.0. The Hall–Kier alpha value is -0.0900. The summed E-state index contributed by atoms with van der Waals surface area (Å²) in [6, 6.07) is 0. The minimum Gasteiger partial charge on any atom is -0.220 e. The van der Waals surface area contributed by atoms with Crippen LogP contribution in [0.1, 0.15) is 44.9 Å². The normalized spacial score (nSPS) is 12.1. The van der Waals surface area contributed by atoms with E-state index >= 15 is 0 Å². The molecule has 0 N–H and O–H groups in total. The molecule has 0 radical (unpaired) electrons. The van der Waals surface area contributed by atoms with Gasteiger partial charge in [0.15, 0.2) is 9.84 Å². The fraction of sp³-hybridized carbons (Fsp3) is 0.667. The third-order valence-electron chi connectivity index (χ3n) is 2.27. The average molecular weight is 309 g/mol. The molecule has 0 amide bonds. The van der Waals surface area contributed by atoms with Gasteiger partial charge in [-0.05, 0) is 19.3 Å². The van der Waals surface area contributed by atoms with Crippen molar-refractivity contribution in [2.24, 2.45) is 0 Å². The van der Waals surface area contributed by atoms with Crippen molar-refractivity contribution in [3.05, 3.63) is 23.5 Å². The molecule has 0 spiro atoms. The van der Waals surface area contributed by atoms with Crippen molar-refractivity contribution in [3.8, 4) is 0 Å². The molecule has 0 aromatic carbocycles. The van der Waals surface area contributed by atoms with E-state index in [1.165, 1.54) is 37.5 Å². The lowest BCUT2D eigenvalue weighted by Gasteiger charge is -1.98. The van der Waals surface area contributed by atoms with Crippen LogP contribution in [0, 0.1) is 0 Å². The quantitative estimate of drug-likeness (QED) is 0.448. The summed E-state index contributed by atoms with van der Waals surface area (Å²) in [5, 5.41) is 3.31. The van der Waals surface area contributed by atoms with Crippen molar-refractivity contribution < 1.29 is 8.42 Å². The minimum atomic E-state index is -3.15. The summed E-state index contributed by atoms with van der Waals surface area (Å²) in [6.45, 7) is 3.25. The van der Waals surface area contributed by atoms with Crippen molar-refractivity contribution >= 4 is 25.8 Å². The monoisotopic (exact) mass is 308 g/mol. The highest BCUT2D eigenvalue weighted by Crippen LogP contribution is 2.08. The van der Waals surface area contributed by atoms with Crippen LogP contribution in [0.3, 0.4) is 0 Å². The van der Waals surface area contributed by atoms with Crippen molar-refractivity contribution in [1.82, 2.24) is 0 Å². The molecule has 0 aliphatic rings. The molecule has 0 fully saturated rings. The Balaban J connectivity index is 3.37. The number of halogens is 1. The van der Waals surface area contributed by atoms with Gasteiger partial charge in [-0.3, -0.25) is 0 Å². The van der Waals surface area contributed by atoms with Gasteiger partial charge in [-0.1, -0.05) is 54.3 Å². The van der Waals surface area contributed by atoms with Gasteiger partial charge in [0, 0.05) is 16.1 Å². The van der Waals surface area contributed by atoms with Crippen LogP contribution in [0.4, 0.5) is 0 Å². The highest BCUT2D eigenvalue weighted by Gasteiger charge is 1.95. The number of hydrogen-bond donors (Lipinski definition) is 0. The third kappa shape index (κ3) is 10.4. The summed E-state index contributed by atoms with van der Waals surface area (Å²) in [5.41, 5.74) is 0. The molecule has 0 saturated carbocycles. The molecular weight excluding hydrogens is 288 g/mol.